The van der Waals surface area contributed by atoms with E-state index in [1.165, 1.54) is 6.07 Å². The first kappa shape index (κ1) is 15.7. The molecule has 0 heterocycles. The van der Waals surface area contributed by atoms with E-state index in [9.17, 15) is 4.39 Å². The number of hydrogen-bond acceptors (Lipinski definition) is 3. The summed E-state index contributed by atoms with van der Waals surface area (Å²) >= 11 is 11.8. The van der Waals surface area contributed by atoms with Crippen molar-refractivity contribution in [2.75, 3.05) is 5.73 Å². The molecule has 2 rings (SSSR count). The topological polar surface area (TPSA) is 44.5 Å². The summed E-state index contributed by atoms with van der Waals surface area (Å²) in [5, 5.41) is 0.772. The van der Waals surface area contributed by atoms with Gasteiger partial charge in [0.15, 0.2) is 17.3 Å². The molecular weight excluding hydrogens is 316 g/mol. The Balaban J connectivity index is 2.32. The van der Waals surface area contributed by atoms with E-state index < -0.39 is 5.82 Å². The lowest BCUT2D eigenvalue weighted by Gasteiger charge is -2.14. The highest BCUT2D eigenvalue weighted by Crippen LogP contribution is 2.35. The van der Waals surface area contributed by atoms with E-state index in [1.54, 1.807) is 32.0 Å². The fourth-order valence-electron chi connectivity index (χ4n) is 1.65. The second-order valence-electron chi connectivity index (χ2n) is 4.67. The van der Waals surface area contributed by atoms with Crippen molar-refractivity contribution >= 4 is 28.9 Å². The Kier molecular flexibility index (Phi) is 4.80. The van der Waals surface area contributed by atoms with E-state index in [1.807, 2.05) is 0 Å². The minimum atomic E-state index is -0.539. The standard InChI is InChI=1S/C15H14Cl2FNO2/c1-8(2)20-14-7-15(13(19)6-12(14)18)21-9-3-4-10(16)11(17)5-9/h3-8H,19H2,1-2H3. The van der Waals surface area contributed by atoms with Gasteiger partial charge in [-0.05, 0) is 26.0 Å². The van der Waals surface area contributed by atoms with Gasteiger partial charge in [-0.1, -0.05) is 23.2 Å². The van der Waals surface area contributed by atoms with E-state index >= 15 is 0 Å². The van der Waals surface area contributed by atoms with Gasteiger partial charge in [-0.15, -0.1) is 0 Å². The van der Waals surface area contributed by atoms with Crippen molar-refractivity contribution in [2.45, 2.75) is 20.0 Å². The molecule has 0 spiro atoms. The molecule has 0 aliphatic heterocycles. The third-order valence-corrected chi connectivity index (χ3v) is 3.28. The van der Waals surface area contributed by atoms with Crippen LogP contribution in [-0.4, -0.2) is 6.10 Å². The highest BCUT2D eigenvalue weighted by atomic mass is 35.5. The van der Waals surface area contributed by atoms with E-state index in [2.05, 4.69) is 0 Å². The van der Waals surface area contributed by atoms with Gasteiger partial charge in [-0.25, -0.2) is 4.39 Å². The summed E-state index contributed by atoms with van der Waals surface area (Å²) < 4.78 is 24.7. The molecule has 0 bridgehead atoms. The molecule has 2 N–H and O–H groups in total. The Morgan fingerprint density at radius 2 is 1.76 bits per heavy atom. The van der Waals surface area contributed by atoms with Crippen LogP contribution in [0.1, 0.15) is 13.8 Å². The molecule has 0 saturated carbocycles. The summed E-state index contributed by atoms with van der Waals surface area (Å²) in [6.07, 6.45) is -0.166. The average molecular weight is 330 g/mol. The first-order valence-electron chi connectivity index (χ1n) is 6.25. The maximum atomic E-state index is 13.7. The number of halogens is 3. The number of hydrogen-bond donors (Lipinski definition) is 1. The Morgan fingerprint density at radius 1 is 1.05 bits per heavy atom. The number of ether oxygens (including phenoxy) is 2. The highest BCUT2D eigenvalue weighted by molar-refractivity contribution is 6.42. The second kappa shape index (κ2) is 6.41. The van der Waals surface area contributed by atoms with E-state index in [0.717, 1.165) is 6.07 Å². The van der Waals surface area contributed by atoms with Crippen LogP contribution in [0.15, 0.2) is 30.3 Å². The predicted molar refractivity (Wildman–Crippen MR) is 83.1 cm³/mol. The molecular formula is C15H14Cl2FNO2. The fraction of sp³-hybridized carbons (Fsp3) is 0.200. The zero-order chi connectivity index (χ0) is 15.6. The van der Waals surface area contributed by atoms with Crippen molar-refractivity contribution in [1.29, 1.82) is 0 Å². The number of rotatable bonds is 4. The van der Waals surface area contributed by atoms with Crippen LogP contribution < -0.4 is 15.2 Å². The molecule has 6 heteroatoms. The molecule has 0 atom stereocenters. The maximum Gasteiger partial charge on any atom is 0.167 e. The summed E-state index contributed by atoms with van der Waals surface area (Å²) in [7, 11) is 0. The molecule has 0 amide bonds. The van der Waals surface area contributed by atoms with Crippen LogP contribution in [0, 0.1) is 5.82 Å². The van der Waals surface area contributed by atoms with Crippen LogP contribution in [-0.2, 0) is 0 Å². The van der Waals surface area contributed by atoms with Gasteiger partial charge in [0.05, 0.1) is 21.8 Å². The lowest BCUT2D eigenvalue weighted by molar-refractivity contribution is 0.230. The molecule has 0 aromatic heterocycles. The van der Waals surface area contributed by atoms with Gasteiger partial charge in [-0.2, -0.15) is 0 Å². The molecule has 0 radical (unpaired) electrons. The number of nitrogen functional groups attached to an aromatic ring is 1. The minimum Gasteiger partial charge on any atom is -0.488 e. The van der Waals surface area contributed by atoms with Gasteiger partial charge >= 0.3 is 0 Å². The molecule has 0 saturated heterocycles. The molecule has 21 heavy (non-hydrogen) atoms. The first-order chi connectivity index (χ1) is 9.86. The third-order valence-electron chi connectivity index (χ3n) is 2.55. The monoisotopic (exact) mass is 329 g/mol. The van der Waals surface area contributed by atoms with Gasteiger partial charge in [0, 0.05) is 18.2 Å². The van der Waals surface area contributed by atoms with Gasteiger partial charge < -0.3 is 15.2 Å². The quantitative estimate of drug-likeness (QED) is 0.774. The predicted octanol–water partition coefficient (Wildman–Crippen LogP) is 5.29. The van der Waals surface area contributed by atoms with Crippen molar-refractivity contribution < 1.29 is 13.9 Å². The Morgan fingerprint density at radius 3 is 2.38 bits per heavy atom. The molecule has 2 aromatic carbocycles. The van der Waals surface area contributed by atoms with Crippen LogP contribution in [0.4, 0.5) is 10.1 Å². The van der Waals surface area contributed by atoms with Crippen LogP contribution in [0.2, 0.25) is 10.0 Å². The lowest BCUT2D eigenvalue weighted by atomic mass is 10.2. The molecule has 0 aliphatic carbocycles. The minimum absolute atomic E-state index is 0.0780. The summed E-state index contributed by atoms with van der Waals surface area (Å²) in [5.41, 5.74) is 5.92. The lowest BCUT2D eigenvalue weighted by Crippen LogP contribution is -2.07. The van der Waals surface area contributed by atoms with Gasteiger partial charge in [0.2, 0.25) is 0 Å². The molecule has 0 fully saturated rings. The summed E-state index contributed by atoms with van der Waals surface area (Å²) in [4.78, 5) is 0. The maximum absolute atomic E-state index is 13.7. The van der Waals surface area contributed by atoms with Crippen LogP contribution in [0.5, 0.6) is 17.2 Å². The van der Waals surface area contributed by atoms with Crippen LogP contribution in [0.3, 0.4) is 0 Å². The normalized spacial score (nSPS) is 10.8. The molecule has 3 nitrogen and oxygen atoms in total. The average Bonchev–Trinajstić information content (AvgIpc) is 2.39. The SMILES string of the molecule is CC(C)Oc1cc(Oc2ccc(Cl)c(Cl)c2)c(N)cc1F. The Hall–Kier alpha value is -1.65. The number of anilines is 1. The Labute approximate surface area is 132 Å². The van der Waals surface area contributed by atoms with Crippen molar-refractivity contribution in [3.63, 3.8) is 0 Å². The van der Waals surface area contributed by atoms with Crippen molar-refractivity contribution in [3.05, 3.63) is 46.2 Å². The van der Waals surface area contributed by atoms with Gasteiger partial charge in [-0.3, -0.25) is 0 Å². The Bertz CT molecular complexity index is 662. The highest BCUT2D eigenvalue weighted by Gasteiger charge is 2.13. The van der Waals surface area contributed by atoms with Gasteiger partial charge in [0.1, 0.15) is 5.75 Å². The van der Waals surface area contributed by atoms with Crippen molar-refractivity contribution in [2.24, 2.45) is 0 Å². The third kappa shape index (κ3) is 3.93. The number of nitrogens with two attached hydrogens (primary N) is 1. The molecule has 0 unspecified atom stereocenters. The zero-order valence-corrected chi connectivity index (χ0v) is 13.0. The fourth-order valence-corrected chi connectivity index (χ4v) is 1.94. The summed E-state index contributed by atoms with van der Waals surface area (Å²) in [6.45, 7) is 3.60. The molecule has 2 aromatic rings. The smallest absolute Gasteiger partial charge is 0.167 e. The first-order valence-corrected chi connectivity index (χ1v) is 7.01. The number of benzene rings is 2. The van der Waals surface area contributed by atoms with Crippen LogP contribution in [0.25, 0.3) is 0 Å². The van der Waals surface area contributed by atoms with Crippen molar-refractivity contribution in [3.8, 4) is 17.2 Å². The summed E-state index contributed by atoms with van der Waals surface area (Å²) in [5.74, 6) is 0.264. The zero-order valence-electron chi connectivity index (χ0n) is 11.5. The van der Waals surface area contributed by atoms with Gasteiger partial charge in [0.25, 0.3) is 0 Å². The molecule has 0 aliphatic rings. The van der Waals surface area contributed by atoms with E-state index in [4.69, 9.17) is 38.4 Å². The molecule has 112 valence electrons. The van der Waals surface area contributed by atoms with E-state index in [0.29, 0.717) is 15.8 Å². The second-order valence-corrected chi connectivity index (χ2v) is 5.48. The summed E-state index contributed by atoms with van der Waals surface area (Å²) in [6, 6.07) is 7.36. The van der Waals surface area contributed by atoms with Crippen molar-refractivity contribution in [1.82, 2.24) is 0 Å². The van der Waals surface area contributed by atoms with E-state index in [-0.39, 0.29) is 23.3 Å². The van der Waals surface area contributed by atoms with Crippen LogP contribution >= 0.6 is 23.2 Å². The largest absolute Gasteiger partial charge is 0.488 e.